The van der Waals surface area contributed by atoms with Gasteiger partial charge < -0.3 is 10.4 Å². The number of nitrogens with one attached hydrogen (secondary N) is 1. The maximum atomic E-state index is 13.3. The van der Waals surface area contributed by atoms with E-state index in [1.165, 1.54) is 23.5 Å². The van der Waals surface area contributed by atoms with Gasteiger partial charge in [0.1, 0.15) is 16.9 Å². The third-order valence-electron chi connectivity index (χ3n) is 3.38. The van der Waals surface area contributed by atoms with Gasteiger partial charge in [-0.15, -0.1) is 11.3 Å². The van der Waals surface area contributed by atoms with E-state index in [1.54, 1.807) is 38.3 Å². The van der Waals surface area contributed by atoms with Crippen LogP contribution in [0, 0.1) is 11.2 Å². The molecular formula is C17H19FN2O3S. The first-order valence-electron chi connectivity index (χ1n) is 7.39. The van der Waals surface area contributed by atoms with Crippen LogP contribution in [-0.2, 0) is 16.0 Å². The van der Waals surface area contributed by atoms with Gasteiger partial charge in [-0.05, 0) is 17.5 Å². The summed E-state index contributed by atoms with van der Waals surface area (Å²) in [5.41, 5.74) is 0.565. The van der Waals surface area contributed by atoms with E-state index < -0.39 is 23.3 Å². The summed E-state index contributed by atoms with van der Waals surface area (Å²) in [6, 6.07) is 5.09. The maximum absolute atomic E-state index is 13.3. The van der Waals surface area contributed by atoms with Crippen LogP contribution in [0.5, 0.6) is 0 Å². The molecule has 2 rings (SSSR count). The predicted octanol–water partition coefficient (Wildman–Crippen LogP) is 3.11. The zero-order valence-electron chi connectivity index (χ0n) is 13.7. The zero-order valence-corrected chi connectivity index (χ0v) is 14.5. The van der Waals surface area contributed by atoms with Crippen LogP contribution in [0.25, 0.3) is 10.6 Å². The van der Waals surface area contributed by atoms with Gasteiger partial charge in [0.25, 0.3) is 0 Å². The number of rotatable bonds is 5. The summed E-state index contributed by atoms with van der Waals surface area (Å²) in [6.45, 7) is 5.24. The number of aliphatic carboxylic acids is 1. The lowest BCUT2D eigenvalue weighted by molar-refractivity contribution is -0.144. The number of hydrogen-bond acceptors (Lipinski definition) is 4. The summed E-state index contributed by atoms with van der Waals surface area (Å²) in [7, 11) is 0. The zero-order chi connectivity index (χ0) is 17.9. The Kier molecular flexibility index (Phi) is 5.33. The number of nitrogens with zero attached hydrogens (tertiary/aromatic N) is 1. The molecule has 1 aromatic heterocycles. The van der Waals surface area contributed by atoms with Gasteiger partial charge in [0.15, 0.2) is 0 Å². The highest BCUT2D eigenvalue weighted by Gasteiger charge is 2.32. The molecule has 1 heterocycles. The van der Waals surface area contributed by atoms with Crippen molar-refractivity contribution in [2.75, 3.05) is 0 Å². The Balaban J connectivity index is 2.06. The second-order valence-electron chi connectivity index (χ2n) is 6.54. The fraction of sp³-hybridized carbons (Fsp3) is 0.353. The number of amides is 1. The van der Waals surface area contributed by atoms with Crippen molar-refractivity contribution in [3.05, 3.63) is 41.2 Å². The molecule has 0 bridgehead atoms. The fourth-order valence-electron chi connectivity index (χ4n) is 2.17. The highest BCUT2D eigenvalue weighted by atomic mass is 32.1. The van der Waals surface area contributed by atoms with Gasteiger partial charge in [0.05, 0.1) is 12.1 Å². The summed E-state index contributed by atoms with van der Waals surface area (Å²) in [5.74, 6) is -1.83. The van der Waals surface area contributed by atoms with E-state index in [9.17, 15) is 19.1 Å². The van der Waals surface area contributed by atoms with E-state index in [-0.39, 0.29) is 12.2 Å². The lowest BCUT2D eigenvalue weighted by Gasteiger charge is -2.27. The van der Waals surface area contributed by atoms with Crippen molar-refractivity contribution < 1.29 is 19.1 Å². The highest BCUT2D eigenvalue weighted by Crippen LogP contribution is 2.24. The van der Waals surface area contributed by atoms with Gasteiger partial charge in [-0.2, -0.15) is 0 Å². The molecule has 128 valence electrons. The molecule has 0 radical (unpaired) electrons. The summed E-state index contributed by atoms with van der Waals surface area (Å²) in [5, 5.41) is 14.1. The second kappa shape index (κ2) is 7.09. The Labute approximate surface area is 143 Å². The number of halogens is 1. The Hall–Kier alpha value is -2.28. The molecule has 0 spiro atoms. The number of hydrogen-bond donors (Lipinski definition) is 2. The molecule has 1 aromatic carbocycles. The molecule has 2 N–H and O–H groups in total. The van der Waals surface area contributed by atoms with Gasteiger partial charge in [-0.1, -0.05) is 32.9 Å². The third-order valence-corrected chi connectivity index (χ3v) is 4.32. The number of carboxylic acids is 1. The first-order valence-corrected chi connectivity index (χ1v) is 8.27. The van der Waals surface area contributed by atoms with Crippen molar-refractivity contribution in [1.82, 2.24) is 10.3 Å². The first-order chi connectivity index (χ1) is 11.2. The number of benzene rings is 1. The minimum atomic E-state index is -1.07. The summed E-state index contributed by atoms with van der Waals surface area (Å²) >= 11 is 1.31. The molecule has 1 atom stereocenters. The van der Waals surface area contributed by atoms with Crippen molar-refractivity contribution in [2.24, 2.45) is 5.41 Å². The molecule has 5 nitrogen and oxygen atoms in total. The van der Waals surface area contributed by atoms with Crippen LogP contribution < -0.4 is 5.32 Å². The first kappa shape index (κ1) is 18.1. The van der Waals surface area contributed by atoms with Crippen LogP contribution in [0.4, 0.5) is 4.39 Å². The molecule has 0 aliphatic rings. The molecule has 7 heteroatoms. The predicted molar refractivity (Wildman–Crippen MR) is 90.2 cm³/mol. The van der Waals surface area contributed by atoms with Crippen LogP contribution in [0.3, 0.4) is 0 Å². The van der Waals surface area contributed by atoms with E-state index in [4.69, 9.17) is 0 Å². The Bertz CT molecular complexity index is 752. The van der Waals surface area contributed by atoms with Crippen LogP contribution >= 0.6 is 11.3 Å². The normalized spacial score (nSPS) is 12.7. The van der Waals surface area contributed by atoms with E-state index >= 15 is 0 Å². The standard InChI is InChI=1S/C17H19FN2O3S/c1-17(2,3)14(16(22)23)20-13(21)8-12-9-24-15(19-12)10-5-4-6-11(18)7-10/h4-7,9,14H,8H2,1-3H3,(H,20,21)(H,22,23). The summed E-state index contributed by atoms with van der Waals surface area (Å²) in [4.78, 5) is 27.7. The van der Waals surface area contributed by atoms with Crippen molar-refractivity contribution >= 4 is 23.2 Å². The van der Waals surface area contributed by atoms with E-state index in [0.717, 1.165) is 0 Å². The van der Waals surface area contributed by atoms with Crippen molar-refractivity contribution in [3.8, 4) is 10.6 Å². The maximum Gasteiger partial charge on any atom is 0.326 e. The Morgan fingerprint density at radius 1 is 1.38 bits per heavy atom. The molecule has 24 heavy (non-hydrogen) atoms. The molecule has 0 aliphatic carbocycles. The molecular weight excluding hydrogens is 331 g/mol. The lowest BCUT2D eigenvalue weighted by Crippen LogP contribution is -2.49. The fourth-order valence-corrected chi connectivity index (χ4v) is 2.98. The number of aromatic nitrogens is 1. The molecule has 0 aliphatic heterocycles. The van der Waals surface area contributed by atoms with Crippen LogP contribution in [0.1, 0.15) is 26.5 Å². The van der Waals surface area contributed by atoms with E-state index in [1.807, 2.05) is 0 Å². The average molecular weight is 350 g/mol. The van der Waals surface area contributed by atoms with E-state index in [0.29, 0.717) is 16.3 Å². The monoisotopic (exact) mass is 350 g/mol. The highest BCUT2D eigenvalue weighted by molar-refractivity contribution is 7.13. The van der Waals surface area contributed by atoms with E-state index in [2.05, 4.69) is 10.3 Å². The number of carbonyl (C=O) groups excluding carboxylic acids is 1. The molecule has 1 unspecified atom stereocenters. The van der Waals surface area contributed by atoms with Gasteiger partial charge in [-0.25, -0.2) is 14.2 Å². The van der Waals surface area contributed by atoms with Crippen LogP contribution in [0.2, 0.25) is 0 Å². The van der Waals surface area contributed by atoms with Gasteiger partial charge >= 0.3 is 5.97 Å². The summed E-state index contributed by atoms with van der Waals surface area (Å²) < 4.78 is 13.3. The molecule has 2 aromatic rings. The topological polar surface area (TPSA) is 79.3 Å². The van der Waals surface area contributed by atoms with Crippen LogP contribution in [-0.4, -0.2) is 28.0 Å². The van der Waals surface area contributed by atoms with Crippen LogP contribution in [0.15, 0.2) is 29.6 Å². The Morgan fingerprint density at radius 2 is 2.08 bits per heavy atom. The third kappa shape index (κ3) is 4.61. The largest absolute Gasteiger partial charge is 0.480 e. The van der Waals surface area contributed by atoms with Gasteiger partial charge in [0.2, 0.25) is 5.91 Å². The minimum absolute atomic E-state index is 0.0221. The Morgan fingerprint density at radius 3 is 2.67 bits per heavy atom. The quantitative estimate of drug-likeness (QED) is 0.868. The number of carboxylic acid groups (broad SMARTS) is 1. The van der Waals surface area contributed by atoms with Crippen molar-refractivity contribution in [3.63, 3.8) is 0 Å². The van der Waals surface area contributed by atoms with Gasteiger partial charge in [0, 0.05) is 10.9 Å². The molecule has 0 saturated heterocycles. The number of carbonyl (C=O) groups is 2. The minimum Gasteiger partial charge on any atom is -0.480 e. The number of thiazole rings is 1. The molecule has 1 amide bonds. The second-order valence-corrected chi connectivity index (χ2v) is 7.39. The summed E-state index contributed by atoms with van der Waals surface area (Å²) in [6.07, 6.45) is -0.0221. The van der Waals surface area contributed by atoms with Crippen molar-refractivity contribution in [1.29, 1.82) is 0 Å². The van der Waals surface area contributed by atoms with Crippen molar-refractivity contribution in [2.45, 2.75) is 33.2 Å². The smallest absolute Gasteiger partial charge is 0.326 e. The average Bonchev–Trinajstić information content (AvgIpc) is 2.91. The lowest BCUT2D eigenvalue weighted by atomic mass is 9.86. The van der Waals surface area contributed by atoms with Gasteiger partial charge in [-0.3, -0.25) is 4.79 Å². The molecule has 0 fully saturated rings. The SMILES string of the molecule is CC(C)(C)C(NC(=O)Cc1csc(-c2cccc(F)c2)n1)C(=O)O. The molecule has 0 saturated carbocycles.